The first kappa shape index (κ1) is 9.21. The van der Waals surface area contributed by atoms with Crippen LogP contribution in [-0.4, -0.2) is 6.29 Å². The average molecular weight is 205 g/mol. The molecule has 0 aliphatic carbocycles. The SMILES string of the molecule is CCc1ccc(C=O)c2cc(N)sc12. The van der Waals surface area contributed by atoms with Crippen molar-refractivity contribution < 1.29 is 4.79 Å². The summed E-state index contributed by atoms with van der Waals surface area (Å²) in [5.41, 5.74) is 7.72. The van der Waals surface area contributed by atoms with Crippen molar-refractivity contribution in [1.29, 1.82) is 0 Å². The molecule has 0 radical (unpaired) electrons. The predicted molar refractivity (Wildman–Crippen MR) is 61.0 cm³/mol. The highest BCUT2D eigenvalue weighted by atomic mass is 32.1. The number of anilines is 1. The van der Waals surface area contributed by atoms with Crippen molar-refractivity contribution in [2.24, 2.45) is 0 Å². The van der Waals surface area contributed by atoms with Gasteiger partial charge in [-0.3, -0.25) is 4.79 Å². The monoisotopic (exact) mass is 205 g/mol. The number of nitrogens with two attached hydrogens (primary N) is 1. The Morgan fingerprint density at radius 1 is 1.50 bits per heavy atom. The number of hydrogen-bond donors (Lipinski definition) is 1. The number of nitrogen functional groups attached to an aromatic ring is 1. The van der Waals surface area contributed by atoms with Crippen LogP contribution in [0.4, 0.5) is 5.00 Å². The molecule has 1 heterocycles. The van der Waals surface area contributed by atoms with Crippen LogP contribution in [0.2, 0.25) is 0 Å². The zero-order valence-corrected chi connectivity index (χ0v) is 8.73. The van der Waals surface area contributed by atoms with Crippen molar-refractivity contribution in [2.45, 2.75) is 13.3 Å². The van der Waals surface area contributed by atoms with E-state index in [9.17, 15) is 4.79 Å². The van der Waals surface area contributed by atoms with Crippen LogP contribution in [0.3, 0.4) is 0 Å². The Balaban J connectivity index is 2.83. The molecule has 1 aromatic carbocycles. The summed E-state index contributed by atoms with van der Waals surface area (Å²) in [4.78, 5) is 10.8. The van der Waals surface area contributed by atoms with Crippen molar-refractivity contribution >= 4 is 32.7 Å². The molecule has 1 aromatic heterocycles. The second-order valence-electron chi connectivity index (χ2n) is 3.18. The van der Waals surface area contributed by atoms with E-state index < -0.39 is 0 Å². The average Bonchev–Trinajstić information content (AvgIpc) is 2.57. The van der Waals surface area contributed by atoms with Gasteiger partial charge in [-0.25, -0.2) is 0 Å². The zero-order chi connectivity index (χ0) is 10.1. The topological polar surface area (TPSA) is 43.1 Å². The van der Waals surface area contributed by atoms with Gasteiger partial charge in [-0.2, -0.15) is 0 Å². The molecule has 0 aliphatic heterocycles. The summed E-state index contributed by atoms with van der Waals surface area (Å²) >= 11 is 1.55. The Kier molecular flexibility index (Phi) is 2.25. The molecule has 2 aromatic rings. The molecule has 14 heavy (non-hydrogen) atoms. The summed E-state index contributed by atoms with van der Waals surface area (Å²) < 4.78 is 1.15. The fourth-order valence-electron chi connectivity index (χ4n) is 1.60. The molecule has 0 atom stereocenters. The highest BCUT2D eigenvalue weighted by Gasteiger charge is 2.07. The number of rotatable bonds is 2. The Hall–Kier alpha value is -1.35. The van der Waals surface area contributed by atoms with E-state index in [1.807, 2.05) is 18.2 Å². The maximum Gasteiger partial charge on any atom is 0.150 e. The van der Waals surface area contributed by atoms with Crippen LogP contribution in [0.15, 0.2) is 18.2 Å². The smallest absolute Gasteiger partial charge is 0.150 e. The largest absolute Gasteiger partial charge is 0.391 e. The number of hydrogen-bond acceptors (Lipinski definition) is 3. The molecule has 0 unspecified atom stereocenters. The first-order chi connectivity index (χ1) is 6.76. The second-order valence-corrected chi connectivity index (χ2v) is 4.26. The lowest BCUT2D eigenvalue weighted by Crippen LogP contribution is -1.85. The molecule has 0 amide bonds. The number of carbonyl (C=O) groups excluding carboxylic acids is 1. The molecule has 2 nitrogen and oxygen atoms in total. The molecule has 3 heteroatoms. The number of thiophene rings is 1. The highest BCUT2D eigenvalue weighted by molar-refractivity contribution is 7.22. The molecule has 0 saturated carbocycles. The Bertz CT molecular complexity index is 487. The van der Waals surface area contributed by atoms with Gasteiger partial charge in [-0.05, 0) is 18.1 Å². The van der Waals surface area contributed by atoms with E-state index in [1.54, 1.807) is 11.3 Å². The molecule has 0 saturated heterocycles. The zero-order valence-electron chi connectivity index (χ0n) is 7.91. The summed E-state index contributed by atoms with van der Waals surface area (Å²) in [5.74, 6) is 0. The van der Waals surface area contributed by atoms with Gasteiger partial charge >= 0.3 is 0 Å². The number of aryl methyl sites for hydroxylation is 1. The second kappa shape index (κ2) is 3.42. The number of carbonyl (C=O) groups is 1. The van der Waals surface area contributed by atoms with Gasteiger partial charge in [-0.1, -0.05) is 19.1 Å². The minimum absolute atomic E-state index is 0.727. The van der Waals surface area contributed by atoms with E-state index in [-0.39, 0.29) is 0 Å². The van der Waals surface area contributed by atoms with Crippen molar-refractivity contribution in [3.05, 3.63) is 29.3 Å². The van der Waals surface area contributed by atoms with Crippen LogP contribution < -0.4 is 5.73 Å². The van der Waals surface area contributed by atoms with Gasteiger partial charge in [0.25, 0.3) is 0 Å². The molecule has 0 bridgehead atoms. The Labute approximate surface area is 86.3 Å². The normalized spacial score (nSPS) is 10.6. The Morgan fingerprint density at radius 3 is 2.93 bits per heavy atom. The predicted octanol–water partition coefficient (Wildman–Crippen LogP) is 2.86. The van der Waals surface area contributed by atoms with Crippen LogP contribution in [0.5, 0.6) is 0 Å². The lowest BCUT2D eigenvalue weighted by atomic mass is 10.1. The molecule has 0 aliphatic rings. The van der Waals surface area contributed by atoms with E-state index in [1.165, 1.54) is 5.56 Å². The molecule has 2 N–H and O–H groups in total. The van der Waals surface area contributed by atoms with Gasteiger partial charge in [-0.15, -0.1) is 11.3 Å². The van der Waals surface area contributed by atoms with Crippen LogP contribution >= 0.6 is 11.3 Å². The van der Waals surface area contributed by atoms with Crippen molar-refractivity contribution in [2.75, 3.05) is 5.73 Å². The van der Waals surface area contributed by atoms with Gasteiger partial charge in [0.15, 0.2) is 6.29 Å². The summed E-state index contributed by atoms with van der Waals surface area (Å²) in [5, 5.41) is 1.76. The molecular weight excluding hydrogens is 194 g/mol. The summed E-state index contributed by atoms with van der Waals surface area (Å²) in [6, 6.07) is 5.74. The van der Waals surface area contributed by atoms with Gasteiger partial charge in [0.05, 0.1) is 5.00 Å². The van der Waals surface area contributed by atoms with Crippen LogP contribution in [0.1, 0.15) is 22.8 Å². The third-order valence-electron chi connectivity index (χ3n) is 2.33. The van der Waals surface area contributed by atoms with E-state index in [0.29, 0.717) is 0 Å². The molecule has 0 spiro atoms. The molecule has 2 rings (SSSR count). The number of aldehydes is 1. The van der Waals surface area contributed by atoms with Crippen LogP contribution in [0.25, 0.3) is 10.1 Å². The number of benzene rings is 1. The van der Waals surface area contributed by atoms with Gasteiger partial charge in [0, 0.05) is 15.6 Å². The van der Waals surface area contributed by atoms with E-state index in [0.717, 1.165) is 33.4 Å². The maximum atomic E-state index is 10.8. The number of fused-ring (bicyclic) bond motifs is 1. The van der Waals surface area contributed by atoms with Crippen molar-refractivity contribution in [3.63, 3.8) is 0 Å². The lowest BCUT2D eigenvalue weighted by Gasteiger charge is -2.00. The first-order valence-corrected chi connectivity index (χ1v) is 5.34. The minimum Gasteiger partial charge on any atom is -0.391 e. The quantitative estimate of drug-likeness (QED) is 0.766. The van der Waals surface area contributed by atoms with Crippen molar-refractivity contribution in [3.8, 4) is 0 Å². The van der Waals surface area contributed by atoms with Gasteiger partial charge < -0.3 is 5.73 Å². The van der Waals surface area contributed by atoms with E-state index in [4.69, 9.17) is 5.73 Å². The molecular formula is C11H11NOS. The lowest BCUT2D eigenvalue weighted by molar-refractivity contribution is 0.112. The highest BCUT2D eigenvalue weighted by Crippen LogP contribution is 2.32. The van der Waals surface area contributed by atoms with Crippen LogP contribution in [-0.2, 0) is 6.42 Å². The van der Waals surface area contributed by atoms with E-state index in [2.05, 4.69) is 6.92 Å². The summed E-state index contributed by atoms with van der Waals surface area (Å²) in [6.45, 7) is 2.10. The first-order valence-electron chi connectivity index (χ1n) is 4.52. The maximum absolute atomic E-state index is 10.8. The standard InChI is InChI=1S/C11H11NOS/c1-2-7-3-4-8(6-13)9-5-10(12)14-11(7)9/h3-6H,2,12H2,1H3. The third kappa shape index (κ3) is 1.30. The van der Waals surface area contributed by atoms with Gasteiger partial charge in [0.2, 0.25) is 0 Å². The molecule has 0 fully saturated rings. The third-order valence-corrected chi connectivity index (χ3v) is 3.37. The van der Waals surface area contributed by atoms with E-state index >= 15 is 0 Å². The Morgan fingerprint density at radius 2 is 2.29 bits per heavy atom. The summed E-state index contributed by atoms with van der Waals surface area (Å²) in [7, 11) is 0. The minimum atomic E-state index is 0.727. The fourth-order valence-corrected chi connectivity index (χ4v) is 2.64. The van der Waals surface area contributed by atoms with Gasteiger partial charge in [0.1, 0.15) is 0 Å². The molecule has 72 valence electrons. The van der Waals surface area contributed by atoms with Crippen molar-refractivity contribution in [1.82, 2.24) is 0 Å². The fraction of sp³-hybridized carbons (Fsp3) is 0.182. The summed E-state index contributed by atoms with van der Waals surface area (Å²) in [6.07, 6.45) is 1.85. The van der Waals surface area contributed by atoms with Crippen LogP contribution in [0, 0.1) is 0 Å².